The number of aromatic nitrogens is 2. The van der Waals surface area contributed by atoms with E-state index in [9.17, 15) is 14.0 Å². The minimum atomic E-state index is -0.347. The van der Waals surface area contributed by atoms with Gasteiger partial charge in [0, 0.05) is 11.4 Å². The monoisotopic (exact) mass is 516 g/mol. The van der Waals surface area contributed by atoms with Crippen LogP contribution >= 0.6 is 11.8 Å². The molecule has 0 radical (unpaired) electrons. The Morgan fingerprint density at radius 3 is 2.30 bits per heavy atom. The number of benzene rings is 3. The summed E-state index contributed by atoms with van der Waals surface area (Å²) in [5, 5.41) is 6.48. The minimum absolute atomic E-state index is 0.0130. The van der Waals surface area contributed by atoms with E-state index < -0.39 is 0 Å². The standard InChI is InChI=1S/C29H29FN4O2S/c1-18-8-9-19(2)24(14-18)32-26(35)16-34-25(22-10-12-23(30)13-11-22)15-31-29(34)37-17-27(36)33-28-20(3)6-5-7-21(28)4/h5-15H,16-17H2,1-4H3,(H,32,35)(H,33,36). The highest BCUT2D eigenvalue weighted by molar-refractivity contribution is 7.99. The molecule has 0 aliphatic heterocycles. The summed E-state index contributed by atoms with van der Waals surface area (Å²) < 4.78 is 15.3. The lowest BCUT2D eigenvalue weighted by atomic mass is 10.1. The van der Waals surface area contributed by atoms with Gasteiger partial charge in [0.2, 0.25) is 11.8 Å². The zero-order valence-corrected chi connectivity index (χ0v) is 22.1. The number of imidazole rings is 1. The molecule has 0 bridgehead atoms. The molecular weight excluding hydrogens is 487 g/mol. The van der Waals surface area contributed by atoms with E-state index in [1.165, 1.54) is 23.9 Å². The van der Waals surface area contributed by atoms with E-state index in [1.54, 1.807) is 22.9 Å². The van der Waals surface area contributed by atoms with Crippen molar-refractivity contribution in [1.29, 1.82) is 0 Å². The lowest BCUT2D eigenvalue weighted by Crippen LogP contribution is -2.21. The molecule has 2 N–H and O–H groups in total. The fraction of sp³-hybridized carbons (Fsp3) is 0.207. The summed E-state index contributed by atoms with van der Waals surface area (Å²) in [5.41, 5.74) is 6.91. The maximum Gasteiger partial charge on any atom is 0.244 e. The lowest BCUT2D eigenvalue weighted by molar-refractivity contribution is -0.117. The second kappa shape index (κ2) is 11.4. The number of hydrogen-bond donors (Lipinski definition) is 2. The Morgan fingerprint density at radius 2 is 1.59 bits per heavy atom. The van der Waals surface area contributed by atoms with Gasteiger partial charge in [0.25, 0.3) is 0 Å². The van der Waals surface area contributed by atoms with Gasteiger partial charge in [-0.05, 0) is 85.8 Å². The van der Waals surface area contributed by atoms with E-state index in [0.29, 0.717) is 10.9 Å². The van der Waals surface area contributed by atoms with Crippen LogP contribution in [0, 0.1) is 33.5 Å². The Labute approximate surface area is 220 Å². The minimum Gasteiger partial charge on any atom is -0.325 e. The third kappa shape index (κ3) is 6.46. The van der Waals surface area contributed by atoms with Crippen LogP contribution in [-0.4, -0.2) is 27.1 Å². The maximum atomic E-state index is 13.5. The average molecular weight is 517 g/mol. The molecule has 0 atom stereocenters. The van der Waals surface area contributed by atoms with Crippen LogP contribution in [0.4, 0.5) is 15.8 Å². The quantitative estimate of drug-likeness (QED) is 0.270. The van der Waals surface area contributed by atoms with Crippen molar-refractivity contribution < 1.29 is 14.0 Å². The number of rotatable bonds is 8. The molecule has 0 spiro atoms. The summed E-state index contributed by atoms with van der Waals surface area (Å²) in [6.07, 6.45) is 1.64. The molecule has 0 unspecified atom stereocenters. The van der Waals surface area contributed by atoms with Crippen LogP contribution in [0.5, 0.6) is 0 Å². The van der Waals surface area contributed by atoms with Crippen LogP contribution in [0.1, 0.15) is 22.3 Å². The Morgan fingerprint density at radius 1 is 0.892 bits per heavy atom. The predicted molar refractivity (Wildman–Crippen MR) is 147 cm³/mol. The third-order valence-electron chi connectivity index (χ3n) is 6.01. The number of carbonyl (C=O) groups excluding carboxylic acids is 2. The molecule has 37 heavy (non-hydrogen) atoms. The maximum absolute atomic E-state index is 13.5. The molecule has 0 aliphatic rings. The van der Waals surface area contributed by atoms with Gasteiger partial charge >= 0.3 is 0 Å². The normalized spacial score (nSPS) is 10.8. The Bertz CT molecular complexity index is 1430. The van der Waals surface area contributed by atoms with Crippen molar-refractivity contribution in [2.75, 3.05) is 16.4 Å². The van der Waals surface area contributed by atoms with E-state index in [-0.39, 0.29) is 29.9 Å². The van der Waals surface area contributed by atoms with Crippen LogP contribution < -0.4 is 10.6 Å². The number of aryl methyl sites for hydroxylation is 4. The number of thioether (sulfide) groups is 1. The number of halogens is 1. The van der Waals surface area contributed by atoms with Gasteiger partial charge < -0.3 is 15.2 Å². The zero-order valence-electron chi connectivity index (χ0n) is 21.3. The predicted octanol–water partition coefficient (Wildman–Crippen LogP) is 6.29. The van der Waals surface area contributed by atoms with E-state index in [1.807, 2.05) is 64.1 Å². The number of carbonyl (C=O) groups is 2. The second-order valence-corrected chi connectivity index (χ2v) is 9.93. The molecule has 3 aromatic carbocycles. The number of para-hydroxylation sites is 1. The number of nitrogens with one attached hydrogen (secondary N) is 2. The number of nitrogens with zero attached hydrogens (tertiary/aromatic N) is 2. The van der Waals surface area contributed by atoms with E-state index >= 15 is 0 Å². The van der Waals surface area contributed by atoms with E-state index in [2.05, 4.69) is 15.6 Å². The van der Waals surface area contributed by atoms with Gasteiger partial charge in [-0.3, -0.25) is 9.59 Å². The van der Waals surface area contributed by atoms with Gasteiger partial charge in [0.1, 0.15) is 12.4 Å². The van der Waals surface area contributed by atoms with Gasteiger partial charge in [0.15, 0.2) is 5.16 Å². The molecular formula is C29H29FN4O2S. The highest BCUT2D eigenvalue weighted by Crippen LogP contribution is 2.28. The van der Waals surface area contributed by atoms with Crippen molar-refractivity contribution in [3.63, 3.8) is 0 Å². The first kappa shape index (κ1) is 26.2. The summed E-state index contributed by atoms with van der Waals surface area (Å²) in [6.45, 7) is 7.79. The van der Waals surface area contributed by atoms with Crippen molar-refractivity contribution in [2.45, 2.75) is 39.4 Å². The Balaban J connectivity index is 1.55. The lowest BCUT2D eigenvalue weighted by Gasteiger charge is -2.14. The summed E-state index contributed by atoms with van der Waals surface area (Å²) in [5.74, 6) is -0.621. The van der Waals surface area contributed by atoms with Crippen molar-refractivity contribution >= 4 is 35.0 Å². The van der Waals surface area contributed by atoms with Crippen molar-refractivity contribution in [1.82, 2.24) is 9.55 Å². The van der Waals surface area contributed by atoms with Crippen LogP contribution in [0.15, 0.2) is 72.0 Å². The van der Waals surface area contributed by atoms with Gasteiger partial charge in [0.05, 0.1) is 17.6 Å². The van der Waals surface area contributed by atoms with Crippen LogP contribution in [0.25, 0.3) is 11.3 Å². The van der Waals surface area contributed by atoms with Gasteiger partial charge in [-0.15, -0.1) is 0 Å². The second-order valence-electron chi connectivity index (χ2n) is 8.99. The van der Waals surface area contributed by atoms with Crippen molar-refractivity contribution in [2.24, 2.45) is 0 Å². The van der Waals surface area contributed by atoms with Gasteiger partial charge in [-0.1, -0.05) is 42.1 Å². The molecule has 0 saturated heterocycles. The molecule has 0 saturated carbocycles. The summed E-state index contributed by atoms with van der Waals surface area (Å²) >= 11 is 1.24. The average Bonchev–Trinajstić information content (AvgIpc) is 3.25. The smallest absolute Gasteiger partial charge is 0.244 e. The Hall–Kier alpha value is -3.91. The van der Waals surface area contributed by atoms with Gasteiger partial charge in [-0.25, -0.2) is 9.37 Å². The first-order valence-corrected chi connectivity index (χ1v) is 12.9. The third-order valence-corrected chi connectivity index (χ3v) is 7.00. The molecule has 1 aromatic heterocycles. The van der Waals surface area contributed by atoms with E-state index in [0.717, 1.165) is 39.2 Å². The van der Waals surface area contributed by atoms with Gasteiger partial charge in [-0.2, -0.15) is 0 Å². The number of hydrogen-bond acceptors (Lipinski definition) is 4. The molecule has 2 amide bonds. The Kier molecular flexibility index (Phi) is 8.08. The van der Waals surface area contributed by atoms with Crippen LogP contribution in [0.2, 0.25) is 0 Å². The number of anilines is 2. The molecule has 0 aliphatic carbocycles. The fourth-order valence-corrected chi connectivity index (χ4v) is 4.78. The number of amides is 2. The largest absolute Gasteiger partial charge is 0.325 e. The molecule has 4 aromatic rings. The van der Waals surface area contributed by atoms with E-state index in [4.69, 9.17) is 0 Å². The zero-order chi connectivity index (χ0) is 26.5. The highest BCUT2D eigenvalue weighted by atomic mass is 32.2. The molecule has 6 nitrogen and oxygen atoms in total. The molecule has 0 fully saturated rings. The topological polar surface area (TPSA) is 76.0 Å². The summed E-state index contributed by atoms with van der Waals surface area (Å²) in [4.78, 5) is 30.3. The van der Waals surface area contributed by atoms with Crippen LogP contribution in [-0.2, 0) is 16.1 Å². The van der Waals surface area contributed by atoms with Crippen molar-refractivity contribution in [3.8, 4) is 11.3 Å². The first-order chi connectivity index (χ1) is 17.7. The molecule has 8 heteroatoms. The first-order valence-electron chi connectivity index (χ1n) is 11.9. The SMILES string of the molecule is Cc1ccc(C)c(NC(=O)Cn2c(-c3ccc(F)cc3)cnc2SCC(=O)Nc2c(C)cccc2C)c1. The van der Waals surface area contributed by atoms with Crippen LogP contribution in [0.3, 0.4) is 0 Å². The molecule has 4 rings (SSSR count). The van der Waals surface area contributed by atoms with Crippen molar-refractivity contribution in [3.05, 3.63) is 94.9 Å². The highest BCUT2D eigenvalue weighted by Gasteiger charge is 2.18. The fourth-order valence-electron chi connectivity index (χ4n) is 4.00. The molecule has 1 heterocycles. The molecule has 190 valence electrons. The summed E-state index contributed by atoms with van der Waals surface area (Å²) in [6, 6.07) is 17.8. The summed E-state index contributed by atoms with van der Waals surface area (Å²) in [7, 11) is 0.